The monoisotopic (exact) mass is 445 g/mol. The molecule has 5 nitrogen and oxygen atoms in total. The zero-order valence-electron chi connectivity index (χ0n) is 13.3. The first kappa shape index (κ1) is 17.3. The summed E-state index contributed by atoms with van der Waals surface area (Å²) < 4.78 is 6.61. The second-order valence-corrected chi connectivity index (χ2v) is 8.03. The van der Waals surface area contributed by atoms with Gasteiger partial charge in [-0.1, -0.05) is 52.0 Å². The zero-order chi connectivity index (χ0) is 17.9. The number of carbonyl (C=O) groups is 1. The van der Waals surface area contributed by atoms with Gasteiger partial charge in [0.15, 0.2) is 10.7 Å². The van der Waals surface area contributed by atoms with Crippen molar-refractivity contribution in [2.45, 2.75) is 5.22 Å². The quantitative estimate of drug-likeness (QED) is 0.413. The molecule has 0 aliphatic carbocycles. The van der Waals surface area contributed by atoms with Gasteiger partial charge in [0.05, 0.1) is 11.4 Å². The van der Waals surface area contributed by atoms with Gasteiger partial charge in [-0.15, -0.1) is 11.3 Å². The van der Waals surface area contributed by atoms with E-state index in [2.05, 4.69) is 31.2 Å². The van der Waals surface area contributed by atoms with Crippen LogP contribution in [-0.4, -0.2) is 21.6 Å². The molecule has 0 unspecified atom stereocenters. The maximum atomic E-state index is 12.2. The molecule has 2 aromatic heterocycles. The van der Waals surface area contributed by atoms with E-state index in [0.29, 0.717) is 10.4 Å². The highest BCUT2D eigenvalue weighted by Gasteiger charge is 2.11. The van der Waals surface area contributed by atoms with Gasteiger partial charge in [0.2, 0.25) is 5.91 Å². The lowest BCUT2D eigenvalue weighted by Crippen LogP contribution is -2.13. The maximum Gasteiger partial charge on any atom is 0.257 e. The molecular formula is C18H12BrN3O2S2. The Hall–Kier alpha value is -2.16. The second-order valence-electron chi connectivity index (χ2n) is 5.33. The molecule has 0 radical (unpaired) electrons. The van der Waals surface area contributed by atoms with Crippen LogP contribution < -0.4 is 5.32 Å². The number of amides is 1. The first-order valence-electron chi connectivity index (χ1n) is 7.67. The number of anilines is 1. The molecule has 8 heteroatoms. The highest BCUT2D eigenvalue weighted by atomic mass is 79.9. The Balaban J connectivity index is 1.36. The maximum absolute atomic E-state index is 12.2. The number of hydrogen-bond donors (Lipinski definition) is 1. The summed E-state index contributed by atoms with van der Waals surface area (Å²) in [5.41, 5.74) is 3.35. The molecule has 0 atom stereocenters. The van der Waals surface area contributed by atoms with Crippen molar-refractivity contribution in [1.29, 1.82) is 0 Å². The van der Waals surface area contributed by atoms with Gasteiger partial charge in [0, 0.05) is 15.4 Å². The number of aromatic nitrogens is 2. The molecule has 0 aliphatic heterocycles. The van der Waals surface area contributed by atoms with E-state index in [-0.39, 0.29) is 11.7 Å². The zero-order valence-corrected chi connectivity index (χ0v) is 16.5. The summed E-state index contributed by atoms with van der Waals surface area (Å²) >= 11 is 6.07. The summed E-state index contributed by atoms with van der Waals surface area (Å²) in [4.78, 5) is 21.0. The number of carbonyl (C=O) groups excluding carboxylic acids is 1. The first-order valence-corrected chi connectivity index (χ1v) is 10.3. The van der Waals surface area contributed by atoms with Crippen molar-refractivity contribution in [2.24, 2.45) is 0 Å². The van der Waals surface area contributed by atoms with Crippen molar-refractivity contribution in [2.75, 3.05) is 11.1 Å². The van der Waals surface area contributed by atoms with Gasteiger partial charge in [-0.25, -0.2) is 9.97 Å². The minimum absolute atomic E-state index is 0.144. The number of oxazole rings is 1. The normalized spacial score (nSPS) is 11.0. The molecule has 2 aromatic carbocycles. The summed E-state index contributed by atoms with van der Waals surface area (Å²) in [6.45, 7) is 0. The van der Waals surface area contributed by atoms with E-state index in [1.165, 1.54) is 23.1 Å². The fourth-order valence-corrected chi connectivity index (χ4v) is 3.92. The predicted octanol–water partition coefficient (Wildman–Crippen LogP) is 5.44. The molecule has 2 heterocycles. The van der Waals surface area contributed by atoms with E-state index in [1.54, 1.807) is 0 Å². The summed E-state index contributed by atoms with van der Waals surface area (Å²) in [6, 6.07) is 15.4. The molecule has 130 valence electrons. The van der Waals surface area contributed by atoms with E-state index in [9.17, 15) is 4.79 Å². The highest BCUT2D eigenvalue weighted by molar-refractivity contribution is 9.10. The van der Waals surface area contributed by atoms with Crippen LogP contribution in [0.2, 0.25) is 0 Å². The van der Waals surface area contributed by atoms with Crippen LogP contribution >= 0.6 is 39.0 Å². The summed E-state index contributed by atoms with van der Waals surface area (Å²) in [5, 5.41) is 5.80. The standard InChI is InChI=1S/C18H12BrN3O2S2/c19-12-7-5-11(6-8-12)14-9-25-17(20-14)22-16(23)10-26-18-21-13-3-1-2-4-15(13)24-18/h1-9H,10H2,(H,20,22,23). The molecule has 4 aromatic rings. The van der Waals surface area contributed by atoms with Gasteiger partial charge in [-0.3, -0.25) is 4.79 Å². The lowest BCUT2D eigenvalue weighted by atomic mass is 10.2. The Morgan fingerprint density at radius 2 is 1.96 bits per heavy atom. The first-order chi connectivity index (χ1) is 12.7. The third kappa shape index (κ3) is 3.98. The topological polar surface area (TPSA) is 68.0 Å². The van der Waals surface area contributed by atoms with Crippen LogP contribution in [0.1, 0.15) is 0 Å². The number of benzene rings is 2. The van der Waals surface area contributed by atoms with Gasteiger partial charge in [0.1, 0.15) is 5.52 Å². The number of thioether (sulfide) groups is 1. The number of fused-ring (bicyclic) bond motifs is 1. The van der Waals surface area contributed by atoms with Crippen LogP contribution in [0, 0.1) is 0 Å². The number of thiazole rings is 1. The third-order valence-electron chi connectivity index (χ3n) is 3.49. The van der Waals surface area contributed by atoms with E-state index in [0.717, 1.165) is 26.8 Å². The fraction of sp³-hybridized carbons (Fsp3) is 0.0556. The minimum atomic E-state index is -0.144. The van der Waals surface area contributed by atoms with Crippen LogP contribution in [0.3, 0.4) is 0 Å². The van der Waals surface area contributed by atoms with Crippen molar-refractivity contribution >= 4 is 61.2 Å². The fourth-order valence-electron chi connectivity index (χ4n) is 2.28. The third-order valence-corrected chi connectivity index (χ3v) is 5.61. The Bertz CT molecular complexity index is 1030. The second kappa shape index (κ2) is 7.61. The van der Waals surface area contributed by atoms with Crippen molar-refractivity contribution in [3.05, 3.63) is 58.4 Å². The van der Waals surface area contributed by atoms with Gasteiger partial charge in [-0.05, 0) is 24.3 Å². The molecule has 0 bridgehead atoms. The molecule has 0 aliphatic rings. The van der Waals surface area contributed by atoms with E-state index in [4.69, 9.17) is 4.42 Å². The van der Waals surface area contributed by atoms with Gasteiger partial charge >= 0.3 is 0 Å². The molecule has 26 heavy (non-hydrogen) atoms. The number of nitrogens with zero attached hydrogens (tertiary/aromatic N) is 2. The Labute approximate surface area is 166 Å². The van der Waals surface area contributed by atoms with Crippen LogP contribution in [0.4, 0.5) is 5.13 Å². The van der Waals surface area contributed by atoms with E-state index >= 15 is 0 Å². The molecular weight excluding hydrogens is 434 g/mol. The SMILES string of the molecule is O=C(CSc1nc2ccccc2o1)Nc1nc(-c2ccc(Br)cc2)cs1. The van der Waals surface area contributed by atoms with Crippen molar-refractivity contribution in [3.63, 3.8) is 0 Å². The summed E-state index contributed by atoms with van der Waals surface area (Å²) in [6.07, 6.45) is 0. The van der Waals surface area contributed by atoms with E-state index in [1.807, 2.05) is 53.9 Å². The largest absolute Gasteiger partial charge is 0.431 e. The molecule has 0 spiro atoms. The van der Waals surface area contributed by atoms with Crippen LogP contribution in [0.15, 0.2) is 68.0 Å². The predicted molar refractivity (Wildman–Crippen MR) is 109 cm³/mol. The van der Waals surface area contributed by atoms with Crippen molar-refractivity contribution in [1.82, 2.24) is 9.97 Å². The average Bonchev–Trinajstić information content (AvgIpc) is 3.27. The number of nitrogens with one attached hydrogen (secondary N) is 1. The minimum Gasteiger partial charge on any atom is -0.431 e. The van der Waals surface area contributed by atoms with Gasteiger partial charge in [0.25, 0.3) is 5.22 Å². The molecule has 0 saturated carbocycles. The Morgan fingerprint density at radius 3 is 2.77 bits per heavy atom. The molecule has 1 amide bonds. The summed E-state index contributed by atoms with van der Waals surface area (Å²) in [5.74, 6) is 0.0639. The van der Waals surface area contributed by atoms with E-state index < -0.39 is 0 Å². The Kier molecular flexibility index (Phi) is 5.05. The van der Waals surface area contributed by atoms with Crippen molar-refractivity contribution < 1.29 is 9.21 Å². The average molecular weight is 446 g/mol. The lowest BCUT2D eigenvalue weighted by molar-refractivity contribution is -0.113. The number of rotatable bonds is 5. The summed E-state index contributed by atoms with van der Waals surface area (Å²) in [7, 11) is 0. The van der Waals surface area contributed by atoms with Crippen LogP contribution in [0.5, 0.6) is 0 Å². The van der Waals surface area contributed by atoms with Gasteiger partial charge < -0.3 is 9.73 Å². The van der Waals surface area contributed by atoms with Crippen LogP contribution in [0.25, 0.3) is 22.4 Å². The Morgan fingerprint density at radius 1 is 1.15 bits per heavy atom. The van der Waals surface area contributed by atoms with Crippen LogP contribution in [-0.2, 0) is 4.79 Å². The number of para-hydroxylation sites is 2. The molecule has 0 saturated heterocycles. The number of halogens is 1. The lowest BCUT2D eigenvalue weighted by Gasteiger charge is -1.99. The van der Waals surface area contributed by atoms with Crippen molar-refractivity contribution in [3.8, 4) is 11.3 Å². The molecule has 1 N–H and O–H groups in total. The molecule has 0 fully saturated rings. The highest BCUT2D eigenvalue weighted by Crippen LogP contribution is 2.27. The molecule has 4 rings (SSSR count). The number of hydrogen-bond acceptors (Lipinski definition) is 6. The smallest absolute Gasteiger partial charge is 0.257 e. The van der Waals surface area contributed by atoms with Gasteiger partial charge in [-0.2, -0.15) is 0 Å².